The first-order chi connectivity index (χ1) is 10.2. The molecule has 0 bridgehead atoms. The summed E-state index contributed by atoms with van der Waals surface area (Å²) in [6.07, 6.45) is -4.75. The number of aromatic nitrogens is 1. The summed E-state index contributed by atoms with van der Waals surface area (Å²) in [6.45, 7) is 1.47. The average Bonchev–Trinajstić information content (AvgIpc) is 2.39. The van der Waals surface area contributed by atoms with Crippen molar-refractivity contribution in [2.24, 2.45) is 0 Å². The lowest BCUT2D eigenvalue weighted by atomic mass is 9.95. The van der Waals surface area contributed by atoms with Gasteiger partial charge in [0.25, 0.3) is 5.56 Å². The Hall–Kier alpha value is -2.27. The molecule has 0 atom stereocenters. The van der Waals surface area contributed by atoms with Crippen LogP contribution in [0, 0.1) is 18.3 Å². The summed E-state index contributed by atoms with van der Waals surface area (Å²) in [5, 5.41) is 19.1. The fourth-order valence-electron chi connectivity index (χ4n) is 2.07. The second-order valence-corrected chi connectivity index (χ2v) is 5.35. The monoisotopic (exact) mass is 372 g/mol. The zero-order chi connectivity index (χ0) is 16.7. The van der Waals surface area contributed by atoms with Gasteiger partial charge >= 0.3 is 6.18 Å². The van der Waals surface area contributed by atoms with E-state index in [-0.39, 0.29) is 15.7 Å². The molecular formula is C14H8BrF3N2O2. The predicted octanol–water partition coefficient (Wildman–Crippen LogP) is 3.71. The van der Waals surface area contributed by atoms with Gasteiger partial charge in [-0.2, -0.15) is 18.4 Å². The summed E-state index contributed by atoms with van der Waals surface area (Å²) < 4.78 is 39.6. The third-order valence-corrected chi connectivity index (χ3v) is 3.62. The number of nitrogens with one attached hydrogen (secondary N) is 1. The van der Waals surface area contributed by atoms with E-state index in [2.05, 4.69) is 20.9 Å². The highest BCUT2D eigenvalue weighted by atomic mass is 79.9. The maximum Gasteiger partial charge on any atom is 0.417 e. The molecule has 0 unspecified atom stereocenters. The van der Waals surface area contributed by atoms with Crippen LogP contribution in [0.15, 0.2) is 27.5 Å². The zero-order valence-corrected chi connectivity index (χ0v) is 12.6. The number of aryl methyl sites for hydroxylation is 1. The highest BCUT2D eigenvalue weighted by molar-refractivity contribution is 9.10. The number of halogens is 4. The van der Waals surface area contributed by atoms with Gasteiger partial charge in [-0.3, -0.25) is 4.79 Å². The van der Waals surface area contributed by atoms with Crippen molar-refractivity contribution < 1.29 is 18.3 Å². The number of phenolic OH excluding ortho intramolecular Hbond substituents is 1. The third kappa shape index (κ3) is 2.72. The fraction of sp³-hybridized carbons (Fsp3) is 0.143. The van der Waals surface area contributed by atoms with Crippen molar-refractivity contribution in [2.45, 2.75) is 13.1 Å². The van der Waals surface area contributed by atoms with Gasteiger partial charge in [-0.25, -0.2) is 0 Å². The number of hydrogen-bond acceptors (Lipinski definition) is 3. The van der Waals surface area contributed by atoms with Crippen LogP contribution in [0.5, 0.6) is 5.75 Å². The van der Waals surface area contributed by atoms with Gasteiger partial charge in [0, 0.05) is 16.8 Å². The second-order valence-electron chi connectivity index (χ2n) is 4.50. The summed E-state index contributed by atoms with van der Waals surface area (Å²) in [5.41, 5.74) is -3.04. The number of nitrogens with zero attached hydrogens (tertiary/aromatic N) is 1. The Kier molecular flexibility index (Phi) is 4.02. The number of benzene rings is 1. The quantitative estimate of drug-likeness (QED) is 0.800. The summed E-state index contributed by atoms with van der Waals surface area (Å²) in [7, 11) is 0. The van der Waals surface area contributed by atoms with Crippen LogP contribution < -0.4 is 5.56 Å². The number of pyridine rings is 1. The van der Waals surface area contributed by atoms with Crippen LogP contribution in [0.2, 0.25) is 0 Å². The molecule has 2 rings (SSSR count). The SMILES string of the molecule is Cc1cc(-c2c(C(F)(F)F)ccc(Br)c2O)c(C#N)c(=O)[nH]1. The Balaban J connectivity index is 2.99. The number of H-pyrrole nitrogens is 1. The molecule has 22 heavy (non-hydrogen) atoms. The lowest BCUT2D eigenvalue weighted by molar-refractivity contribution is -0.137. The van der Waals surface area contributed by atoms with Gasteiger partial charge in [0.1, 0.15) is 17.4 Å². The maximum atomic E-state index is 13.2. The van der Waals surface area contributed by atoms with Gasteiger partial charge in [-0.15, -0.1) is 0 Å². The number of nitriles is 1. The van der Waals surface area contributed by atoms with E-state index in [1.54, 1.807) is 6.07 Å². The third-order valence-electron chi connectivity index (χ3n) is 2.98. The average molecular weight is 373 g/mol. The van der Waals surface area contributed by atoms with Crippen molar-refractivity contribution in [3.8, 4) is 22.9 Å². The minimum absolute atomic E-state index is 0.0253. The van der Waals surface area contributed by atoms with E-state index in [1.807, 2.05) is 0 Å². The Morgan fingerprint density at radius 3 is 2.55 bits per heavy atom. The Labute approximate surface area is 131 Å². The zero-order valence-electron chi connectivity index (χ0n) is 11.0. The molecule has 1 aromatic carbocycles. The van der Waals surface area contributed by atoms with Crippen LogP contribution in [0.3, 0.4) is 0 Å². The lowest BCUT2D eigenvalue weighted by Gasteiger charge is -2.16. The van der Waals surface area contributed by atoms with E-state index < -0.39 is 34.2 Å². The van der Waals surface area contributed by atoms with Crippen LogP contribution in [0.1, 0.15) is 16.8 Å². The number of aromatic hydroxyl groups is 1. The fourth-order valence-corrected chi connectivity index (χ4v) is 2.40. The topological polar surface area (TPSA) is 76.9 Å². The number of aromatic amines is 1. The highest BCUT2D eigenvalue weighted by Crippen LogP contribution is 2.45. The van der Waals surface area contributed by atoms with E-state index in [1.165, 1.54) is 13.0 Å². The molecule has 0 aliphatic rings. The molecule has 1 aromatic heterocycles. The summed E-state index contributed by atoms with van der Waals surface area (Å²) in [5.74, 6) is -0.684. The van der Waals surface area contributed by atoms with E-state index in [4.69, 9.17) is 5.26 Å². The van der Waals surface area contributed by atoms with Crippen LogP contribution in [-0.4, -0.2) is 10.1 Å². The lowest BCUT2D eigenvalue weighted by Crippen LogP contribution is -2.15. The van der Waals surface area contributed by atoms with Crippen LogP contribution in [0.4, 0.5) is 13.2 Å². The molecule has 0 saturated carbocycles. The van der Waals surface area contributed by atoms with Gasteiger partial charge in [0.2, 0.25) is 0 Å². The van der Waals surface area contributed by atoms with Gasteiger partial charge in [-0.1, -0.05) is 0 Å². The van der Waals surface area contributed by atoms with Gasteiger partial charge in [-0.05, 0) is 41.1 Å². The molecule has 0 saturated heterocycles. The van der Waals surface area contributed by atoms with Gasteiger partial charge in [0.05, 0.1) is 10.0 Å². The molecule has 4 nitrogen and oxygen atoms in total. The van der Waals surface area contributed by atoms with Crippen LogP contribution in [-0.2, 0) is 6.18 Å². The number of phenols is 1. The molecule has 1 heterocycles. The van der Waals surface area contributed by atoms with Crippen LogP contribution >= 0.6 is 15.9 Å². The van der Waals surface area contributed by atoms with Crippen molar-refractivity contribution >= 4 is 15.9 Å². The molecule has 0 radical (unpaired) electrons. The summed E-state index contributed by atoms with van der Waals surface area (Å²) >= 11 is 2.94. The first-order valence-corrected chi connectivity index (χ1v) is 6.69. The van der Waals surface area contributed by atoms with E-state index in [0.29, 0.717) is 0 Å². The van der Waals surface area contributed by atoms with Crippen LogP contribution in [0.25, 0.3) is 11.1 Å². The standard InChI is InChI=1S/C14H8BrF3N2O2/c1-6-4-7(8(5-19)13(22)20-6)11-9(14(16,17)18)2-3-10(15)12(11)21/h2-4,21H,1H3,(H,20,22). The Morgan fingerprint density at radius 1 is 1.36 bits per heavy atom. The second kappa shape index (κ2) is 5.50. The number of hydrogen-bond donors (Lipinski definition) is 2. The van der Waals surface area contributed by atoms with Crippen molar-refractivity contribution in [3.63, 3.8) is 0 Å². The van der Waals surface area contributed by atoms with E-state index in [9.17, 15) is 23.1 Å². The molecule has 0 aliphatic carbocycles. The summed E-state index contributed by atoms with van der Waals surface area (Å²) in [6, 6.07) is 4.62. The van der Waals surface area contributed by atoms with Crippen molar-refractivity contribution in [3.05, 3.63) is 49.8 Å². The van der Waals surface area contributed by atoms with Gasteiger partial charge in [0.15, 0.2) is 0 Å². The smallest absolute Gasteiger partial charge is 0.417 e. The molecule has 0 amide bonds. The summed E-state index contributed by atoms with van der Waals surface area (Å²) in [4.78, 5) is 14.1. The molecule has 8 heteroatoms. The normalized spacial score (nSPS) is 11.3. The predicted molar refractivity (Wildman–Crippen MR) is 76.3 cm³/mol. The molecule has 2 aromatic rings. The van der Waals surface area contributed by atoms with Crippen molar-refractivity contribution in [1.29, 1.82) is 5.26 Å². The largest absolute Gasteiger partial charge is 0.506 e. The van der Waals surface area contributed by atoms with E-state index in [0.717, 1.165) is 12.1 Å². The molecule has 0 spiro atoms. The molecule has 114 valence electrons. The highest BCUT2D eigenvalue weighted by Gasteiger charge is 2.36. The van der Waals surface area contributed by atoms with Crippen molar-refractivity contribution in [1.82, 2.24) is 4.98 Å². The maximum absolute atomic E-state index is 13.2. The number of rotatable bonds is 1. The molecule has 2 N–H and O–H groups in total. The minimum atomic E-state index is -4.75. The molecule has 0 fully saturated rings. The van der Waals surface area contributed by atoms with Crippen molar-refractivity contribution in [2.75, 3.05) is 0 Å². The number of alkyl halides is 3. The Bertz CT molecular complexity index is 851. The first-order valence-electron chi connectivity index (χ1n) is 5.90. The first kappa shape index (κ1) is 16.1. The Morgan fingerprint density at radius 2 is 2.00 bits per heavy atom. The molecular weight excluding hydrogens is 365 g/mol. The van der Waals surface area contributed by atoms with Gasteiger partial charge < -0.3 is 10.1 Å². The minimum Gasteiger partial charge on any atom is -0.506 e. The van der Waals surface area contributed by atoms with E-state index >= 15 is 0 Å². The molecule has 0 aliphatic heterocycles.